The molecule has 0 spiro atoms. The number of nitrogens with one attached hydrogen (secondary N) is 1. The number of halogens is 2. The van der Waals surface area contributed by atoms with Crippen molar-refractivity contribution in [3.63, 3.8) is 0 Å². The Balaban J connectivity index is 1.54. The largest absolute Gasteiger partial charge is 0.306 e. The highest BCUT2D eigenvalue weighted by Gasteiger charge is 2.59. The minimum atomic E-state index is 0.409. The lowest BCUT2D eigenvalue weighted by Gasteiger charge is -2.65. The Labute approximate surface area is 148 Å². The van der Waals surface area contributed by atoms with Gasteiger partial charge in [-0.2, -0.15) is 0 Å². The zero-order chi connectivity index (χ0) is 14.9. The molecule has 2 atom stereocenters. The molecule has 116 valence electrons. The molecule has 2 unspecified atom stereocenters. The van der Waals surface area contributed by atoms with Gasteiger partial charge in [-0.05, 0) is 93.2 Å². The van der Waals surface area contributed by atoms with Crippen LogP contribution in [0.3, 0.4) is 0 Å². The monoisotopic (exact) mass is 431 g/mol. The maximum absolute atomic E-state index is 4.00. The van der Waals surface area contributed by atoms with Crippen molar-refractivity contribution in [2.24, 2.45) is 16.7 Å². The van der Waals surface area contributed by atoms with Crippen molar-refractivity contribution in [2.45, 2.75) is 64.5 Å². The van der Waals surface area contributed by atoms with Crippen LogP contribution >= 0.6 is 43.2 Å². The van der Waals surface area contributed by atoms with Gasteiger partial charge in [0.2, 0.25) is 0 Å². The van der Waals surface area contributed by atoms with Gasteiger partial charge in [-0.25, -0.2) is 0 Å². The summed E-state index contributed by atoms with van der Waals surface area (Å²) in [5.74, 6) is 0.963. The van der Waals surface area contributed by atoms with Crippen LogP contribution in [-0.4, -0.2) is 5.54 Å². The molecular weight excluding hydrogens is 410 g/mol. The van der Waals surface area contributed by atoms with Gasteiger partial charge in [0.05, 0.1) is 3.79 Å². The third-order valence-electron chi connectivity index (χ3n) is 5.96. The van der Waals surface area contributed by atoms with Crippen LogP contribution in [0.25, 0.3) is 0 Å². The van der Waals surface area contributed by atoms with Crippen molar-refractivity contribution in [3.05, 3.63) is 19.2 Å². The van der Waals surface area contributed by atoms with Crippen LogP contribution in [0.5, 0.6) is 0 Å². The lowest BCUT2D eigenvalue weighted by Crippen LogP contribution is -2.63. The molecule has 1 heterocycles. The van der Waals surface area contributed by atoms with E-state index in [-0.39, 0.29) is 0 Å². The van der Waals surface area contributed by atoms with Crippen molar-refractivity contribution in [1.82, 2.24) is 5.32 Å². The topological polar surface area (TPSA) is 12.0 Å². The Hall–Kier alpha value is 0.620. The Bertz CT molecular complexity index is 544. The summed E-state index contributed by atoms with van der Waals surface area (Å²) in [7, 11) is 0. The normalized spacial score (nSPS) is 44.5. The molecule has 21 heavy (non-hydrogen) atoms. The van der Waals surface area contributed by atoms with Crippen LogP contribution in [0.1, 0.15) is 57.2 Å². The first-order valence-corrected chi connectivity index (χ1v) is 10.4. The molecule has 0 amide bonds. The highest BCUT2D eigenvalue weighted by Crippen LogP contribution is 2.66. The summed E-state index contributed by atoms with van der Waals surface area (Å²) in [5.41, 5.74) is 1.60. The van der Waals surface area contributed by atoms with Gasteiger partial charge < -0.3 is 5.32 Å². The van der Waals surface area contributed by atoms with Gasteiger partial charge >= 0.3 is 0 Å². The first-order chi connectivity index (χ1) is 9.79. The number of rotatable bonds is 3. The molecule has 1 aromatic heterocycles. The molecule has 4 fully saturated rings. The molecule has 4 aliphatic rings. The number of thiophene rings is 1. The van der Waals surface area contributed by atoms with E-state index >= 15 is 0 Å². The predicted molar refractivity (Wildman–Crippen MR) is 96.7 cm³/mol. The predicted octanol–water partition coefficient (Wildman–Crippen LogP) is 6.11. The quantitative estimate of drug-likeness (QED) is 0.607. The molecule has 0 aliphatic heterocycles. The number of hydrogen-bond acceptors (Lipinski definition) is 2. The average Bonchev–Trinajstić information content (AvgIpc) is 2.62. The summed E-state index contributed by atoms with van der Waals surface area (Å²) >= 11 is 9.06. The molecule has 4 bridgehead atoms. The minimum Gasteiger partial charge on any atom is -0.306 e. The molecule has 0 saturated heterocycles. The zero-order valence-corrected chi connectivity index (χ0v) is 16.8. The van der Waals surface area contributed by atoms with Gasteiger partial charge in [0.1, 0.15) is 0 Å². The summed E-state index contributed by atoms with van der Waals surface area (Å²) in [6.45, 7) is 6.11. The summed E-state index contributed by atoms with van der Waals surface area (Å²) in [5, 5.41) is 4.00. The second-order valence-corrected chi connectivity index (χ2v) is 11.9. The summed E-state index contributed by atoms with van der Waals surface area (Å²) in [6.07, 6.45) is 8.59. The summed E-state index contributed by atoms with van der Waals surface area (Å²) < 4.78 is 2.40. The lowest BCUT2D eigenvalue weighted by molar-refractivity contribution is -0.118. The van der Waals surface area contributed by atoms with Crippen molar-refractivity contribution in [1.29, 1.82) is 0 Å². The SMILES string of the molecule is CC12CC3CC(C)(C1)CC(NCc1cc(Br)c(Br)s1)(C3)C2. The van der Waals surface area contributed by atoms with E-state index in [1.807, 2.05) is 11.3 Å². The fraction of sp³-hybridized carbons (Fsp3) is 0.765. The van der Waals surface area contributed by atoms with Gasteiger partial charge in [-0.1, -0.05) is 13.8 Å². The van der Waals surface area contributed by atoms with E-state index in [1.165, 1.54) is 51.7 Å². The van der Waals surface area contributed by atoms with E-state index in [0.717, 1.165) is 12.5 Å². The second-order valence-electron chi connectivity index (χ2n) is 8.60. The first-order valence-electron chi connectivity index (χ1n) is 7.98. The third kappa shape index (κ3) is 2.68. The van der Waals surface area contributed by atoms with E-state index < -0.39 is 0 Å². The lowest BCUT2D eigenvalue weighted by atomic mass is 9.43. The highest BCUT2D eigenvalue weighted by molar-refractivity contribution is 9.13. The van der Waals surface area contributed by atoms with Crippen LogP contribution in [0.4, 0.5) is 0 Å². The summed E-state index contributed by atoms with van der Waals surface area (Å²) in [4.78, 5) is 1.43. The van der Waals surface area contributed by atoms with Crippen molar-refractivity contribution >= 4 is 43.2 Å². The maximum atomic E-state index is 4.00. The van der Waals surface area contributed by atoms with Gasteiger partial charge in [0, 0.05) is 21.4 Å². The van der Waals surface area contributed by atoms with E-state index in [1.54, 1.807) is 0 Å². The Morgan fingerprint density at radius 2 is 1.81 bits per heavy atom. The molecule has 4 saturated carbocycles. The minimum absolute atomic E-state index is 0.409. The average molecular weight is 433 g/mol. The van der Waals surface area contributed by atoms with Crippen molar-refractivity contribution < 1.29 is 0 Å². The van der Waals surface area contributed by atoms with Crippen molar-refractivity contribution in [2.75, 3.05) is 0 Å². The van der Waals surface area contributed by atoms with E-state index in [4.69, 9.17) is 0 Å². The van der Waals surface area contributed by atoms with Crippen LogP contribution in [0.15, 0.2) is 14.3 Å². The molecule has 0 radical (unpaired) electrons. The van der Waals surface area contributed by atoms with Crippen LogP contribution in [-0.2, 0) is 6.54 Å². The van der Waals surface area contributed by atoms with Crippen molar-refractivity contribution in [3.8, 4) is 0 Å². The highest BCUT2D eigenvalue weighted by atomic mass is 79.9. The van der Waals surface area contributed by atoms with Gasteiger partial charge in [0.15, 0.2) is 0 Å². The van der Waals surface area contributed by atoms with Gasteiger partial charge in [0.25, 0.3) is 0 Å². The van der Waals surface area contributed by atoms with E-state index in [9.17, 15) is 0 Å². The molecule has 1 N–H and O–H groups in total. The molecule has 4 aliphatic carbocycles. The third-order valence-corrected chi connectivity index (χ3v) is 9.22. The standard InChI is InChI=1S/C17H23Br2NS/c1-15-4-11-5-16(2,8-15)10-17(6-11,9-15)20-7-12-3-13(18)14(19)21-12/h3,11,20H,4-10H2,1-2H3. The second kappa shape index (κ2) is 4.81. The molecule has 5 rings (SSSR count). The molecule has 1 nitrogen and oxygen atoms in total. The maximum Gasteiger partial charge on any atom is 0.0843 e. The Kier molecular flexibility index (Phi) is 3.47. The smallest absolute Gasteiger partial charge is 0.0843 e. The van der Waals surface area contributed by atoms with Crippen LogP contribution in [0, 0.1) is 16.7 Å². The molecule has 1 aromatic rings. The molecule has 0 aromatic carbocycles. The van der Waals surface area contributed by atoms with Crippen LogP contribution in [0.2, 0.25) is 0 Å². The fourth-order valence-electron chi connectivity index (χ4n) is 6.40. The number of hydrogen-bond donors (Lipinski definition) is 1. The Morgan fingerprint density at radius 1 is 1.14 bits per heavy atom. The van der Waals surface area contributed by atoms with E-state index in [0.29, 0.717) is 16.4 Å². The van der Waals surface area contributed by atoms with Gasteiger partial charge in [-0.3, -0.25) is 0 Å². The van der Waals surface area contributed by atoms with Crippen LogP contribution < -0.4 is 5.32 Å². The Morgan fingerprint density at radius 3 is 2.33 bits per heavy atom. The molecular formula is C17H23Br2NS. The van der Waals surface area contributed by atoms with E-state index in [2.05, 4.69) is 57.1 Å². The molecule has 4 heteroatoms. The first kappa shape index (κ1) is 15.2. The van der Waals surface area contributed by atoms with Gasteiger partial charge in [-0.15, -0.1) is 11.3 Å². The summed E-state index contributed by atoms with van der Waals surface area (Å²) in [6, 6.07) is 2.26. The zero-order valence-electron chi connectivity index (χ0n) is 12.8. The fourth-order valence-corrected chi connectivity index (χ4v) is 8.51.